The Morgan fingerprint density at radius 3 is 2.41 bits per heavy atom. The molecule has 0 aromatic heterocycles. The first-order valence-corrected chi connectivity index (χ1v) is 5.52. The number of nitrogens with zero attached hydrogens (tertiary/aromatic N) is 1. The van der Waals surface area contributed by atoms with Crippen LogP contribution in [0, 0.1) is 0 Å². The molecule has 0 amide bonds. The highest BCUT2D eigenvalue weighted by molar-refractivity contribution is 5.69. The number of anilines is 2. The van der Waals surface area contributed by atoms with Crippen LogP contribution in [0.25, 0.3) is 0 Å². The SMILES string of the molecule is CC(C)N(CCO)c1ccc(C(F)F)cc1N. The van der Waals surface area contributed by atoms with E-state index in [1.165, 1.54) is 12.1 Å². The number of alkyl halides is 2. The van der Waals surface area contributed by atoms with Gasteiger partial charge in [-0.05, 0) is 26.0 Å². The summed E-state index contributed by atoms with van der Waals surface area (Å²) in [5, 5.41) is 8.98. The van der Waals surface area contributed by atoms with Crippen LogP contribution in [-0.2, 0) is 0 Å². The Morgan fingerprint density at radius 2 is 2.00 bits per heavy atom. The molecule has 0 saturated carbocycles. The standard InChI is InChI=1S/C12H18F2N2O/c1-8(2)16(5-6-17)11-4-3-9(12(13)14)7-10(11)15/h3-4,7-8,12,17H,5-6,15H2,1-2H3. The van der Waals surface area contributed by atoms with Crippen molar-refractivity contribution >= 4 is 11.4 Å². The van der Waals surface area contributed by atoms with Gasteiger partial charge >= 0.3 is 0 Å². The van der Waals surface area contributed by atoms with Gasteiger partial charge in [0.05, 0.1) is 18.0 Å². The summed E-state index contributed by atoms with van der Waals surface area (Å²) < 4.78 is 25.0. The topological polar surface area (TPSA) is 49.5 Å². The Hall–Kier alpha value is -1.36. The molecule has 1 aromatic rings. The third-order valence-electron chi connectivity index (χ3n) is 2.58. The van der Waals surface area contributed by atoms with Gasteiger partial charge in [0.25, 0.3) is 6.43 Å². The van der Waals surface area contributed by atoms with Crippen molar-refractivity contribution in [2.75, 3.05) is 23.8 Å². The second kappa shape index (κ2) is 5.82. The minimum atomic E-state index is -2.52. The number of nitrogen functional groups attached to an aromatic ring is 1. The summed E-state index contributed by atoms with van der Waals surface area (Å²) in [6.45, 7) is 4.33. The zero-order chi connectivity index (χ0) is 13.0. The van der Waals surface area contributed by atoms with Crippen molar-refractivity contribution < 1.29 is 13.9 Å². The van der Waals surface area contributed by atoms with Gasteiger partial charge in [-0.3, -0.25) is 0 Å². The molecule has 0 fully saturated rings. The largest absolute Gasteiger partial charge is 0.397 e. The predicted octanol–water partition coefficient (Wildman–Crippen LogP) is 2.41. The van der Waals surface area contributed by atoms with Crippen LogP contribution in [0.2, 0.25) is 0 Å². The van der Waals surface area contributed by atoms with Crippen LogP contribution in [0.15, 0.2) is 18.2 Å². The highest BCUT2D eigenvalue weighted by Crippen LogP contribution is 2.29. The lowest BCUT2D eigenvalue weighted by molar-refractivity contribution is 0.151. The van der Waals surface area contributed by atoms with E-state index in [9.17, 15) is 8.78 Å². The van der Waals surface area contributed by atoms with E-state index in [1.807, 2.05) is 18.7 Å². The lowest BCUT2D eigenvalue weighted by atomic mass is 10.1. The van der Waals surface area contributed by atoms with Crippen molar-refractivity contribution in [3.63, 3.8) is 0 Å². The van der Waals surface area contributed by atoms with E-state index in [1.54, 1.807) is 6.07 Å². The predicted molar refractivity (Wildman–Crippen MR) is 65.4 cm³/mol. The van der Waals surface area contributed by atoms with Crippen molar-refractivity contribution in [1.29, 1.82) is 0 Å². The van der Waals surface area contributed by atoms with Crippen LogP contribution >= 0.6 is 0 Å². The smallest absolute Gasteiger partial charge is 0.263 e. The molecule has 3 nitrogen and oxygen atoms in total. The minimum absolute atomic E-state index is 0.00574. The Bertz CT molecular complexity index is 370. The second-order valence-electron chi connectivity index (χ2n) is 4.13. The van der Waals surface area contributed by atoms with E-state index in [0.717, 1.165) is 0 Å². The number of halogens is 2. The summed E-state index contributed by atoms with van der Waals surface area (Å²) in [6, 6.07) is 4.37. The van der Waals surface area contributed by atoms with Gasteiger partial charge in [-0.1, -0.05) is 6.07 Å². The molecule has 5 heteroatoms. The fraction of sp³-hybridized carbons (Fsp3) is 0.500. The molecule has 0 unspecified atom stereocenters. The van der Waals surface area contributed by atoms with Crippen LogP contribution in [-0.4, -0.2) is 24.3 Å². The maximum absolute atomic E-state index is 12.5. The molecule has 3 N–H and O–H groups in total. The zero-order valence-electron chi connectivity index (χ0n) is 10.0. The Balaban J connectivity index is 3.04. The second-order valence-corrected chi connectivity index (χ2v) is 4.13. The number of benzene rings is 1. The number of hydrogen-bond acceptors (Lipinski definition) is 3. The highest BCUT2D eigenvalue weighted by Gasteiger charge is 2.15. The maximum atomic E-state index is 12.5. The third kappa shape index (κ3) is 3.30. The van der Waals surface area contributed by atoms with E-state index in [-0.39, 0.29) is 18.2 Å². The molecule has 0 atom stereocenters. The first kappa shape index (κ1) is 13.7. The summed E-state index contributed by atoms with van der Waals surface area (Å²) in [4.78, 5) is 1.88. The van der Waals surface area contributed by atoms with E-state index in [4.69, 9.17) is 10.8 Å². The first-order valence-electron chi connectivity index (χ1n) is 5.52. The molecule has 0 aliphatic rings. The van der Waals surface area contributed by atoms with Crippen LogP contribution in [0.3, 0.4) is 0 Å². The van der Waals surface area contributed by atoms with Crippen molar-refractivity contribution in [2.45, 2.75) is 26.3 Å². The third-order valence-corrected chi connectivity index (χ3v) is 2.58. The molecular formula is C12H18F2N2O. The summed E-state index contributed by atoms with van der Waals surface area (Å²) in [6.07, 6.45) is -2.52. The van der Waals surface area contributed by atoms with Crippen LogP contribution in [0.1, 0.15) is 25.8 Å². The molecule has 0 spiro atoms. The summed E-state index contributed by atoms with van der Waals surface area (Å²) in [5.74, 6) is 0. The van der Waals surface area contributed by atoms with E-state index in [0.29, 0.717) is 17.9 Å². The summed E-state index contributed by atoms with van der Waals surface area (Å²) >= 11 is 0. The van der Waals surface area contributed by atoms with Crippen molar-refractivity contribution in [2.24, 2.45) is 0 Å². The molecule has 0 heterocycles. The Labute approximate surface area is 99.8 Å². The molecule has 1 rings (SSSR count). The molecule has 0 aliphatic carbocycles. The van der Waals surface area contributed by atoms with Gasteiger partial charge in [-0.15, -0.1) is 0 Å². The molecule has 0 aliphatic heterocycles. The van der Waals surface area contributed by atoms with Crippen molar-refractivity contribution in [3.05, 3.63) is 23.8 Å². The van der Waals surface area contributed by atoms with Gasteiger partial charge in [-0.25, -0.2) is 8.78 Å². The molecular weight excluding hydrogens is 226 g/mol. The lowest BCUT2D eigenvalue weighted by Gasteiger charge is -2.29. The summed E-state index contributed by atoms with van der Waals surface area (Å²) in [5.41, 5.74) is 6.68. The molecule has 0 radical (unpaired) electrons. The van der Waals surface area contributed by atoms with E-state index < -0.39 is 6.43 Å². The minimum Gasteiger partial charge on any atom is -0.397 e. The average molecular weight is 244 g/mol. The monoisotopic (exact) mass is 244 g/mol. The van der Waals surface area contributed by atoms with Crippen molar-refractivity contribution in [3.8, 4) is 0 Å². The number of aliphatic hydroxyl groups excluding tert-OH is 1. The van der Waals surface area contributed by atoms with Crippen molar-refractivity contribution in [1.82, 2.24) is 0 Å². The van der Waals surface area contributed by atoms with Gasteiger partial charge in [0.15, 0.2) is 0 Å². The first-order chi connectivity index (χ1) is 7.97. The van der Waals surface area contributed by atoms with Crippen LogP contribution in [0.5, 0.6) is 0 Å². The van der Waals surface area contributed by atoms with Crippen LogP contribution < -0.4 is 10.6 Å². The van der Waals surface area contributed by atoms with Gasteiger partial charge < -0.3 is 15.7 Å². The molecule has 1 aromatic carbocycles. The normalized spacial score (nSPS) is 11.2. The van der Waals surface area contributed by atoms with Gasteiger partial charge in [0.1, 0.15) is 0 Å². The highest BCUT2D eigenvalue weighted by atomic mass is 19.3. The zero-order valence-corrected chi connectivity index (χ0v) is 10.0. The number of nitrogens with two attached hydrogens (primary N) is 1. The Kier molecular flexibility index (Phi) is 4.69. The molecule has 0 bridgehead atoms. The lowest BCUT2D eigenvalue weighted by Crippen LogP contribution is -2.34. The number of hydrogen-bond donors (Lipinski definition) is 2. The molecule has 17 heavy (non-hydrogen) atoms. The number of rotatable bonds is 5. The average Bonchev–Trinajstić information content (AvgIpc) is 2.26. The van der Waals surface area contributed by atoms with E-state index >= 15 is 0 Å². The van der Waals surface area contributed by atoms with Gasteiger partial charge in [-0.2, -0.15) is 0 Å². The fourth-order valence-corrected chi connectivity index (χ4v) is 1.73. The van der Waals surface area contributed by atoms with Gasteiger partial charge in [0, 0.05) is 18.2 Å². The maximum Gasteiger partial charge on any atom is 0.263 e. The number of aliphatic hydroxyl groups is 1. The summed E-state index contributed by atoms with van der Waals surface area (Å²) in [7, 11) is 0. The fourth-order valence-electron chi connectivity index (χ4n) is 1.73. The van der Waals surface area contributed by atoms with Gasteiger partial charge in [0.2, 0.25) is 0 Å². The Morgan fingerprint density at radius 1 is 1.35 bits per heavy atom. The molecule has 0 saturated heterocycles. The quantitative estimate of drug-likeness (QED) is 0.782. The molecule has 96 valence electrons. The van der Waals surface area contributed by atoms with Crippen LogP contribution in [0.4, 0.5) is 20.2 Å². The van der Waals surface area contributed by atoms with E-state index in [2.05, 4.69) is 0 Å².